The number of H-pyrrole nitrogens is 2. The van der Waals surface area contributed by atoms with E-state index >= 15 is 0 Å². The smallest absolute Gasteiger partial charge is 0.227 e. The molecular weight excluding hydrogens is 266 g/mol. The van der Waals surface area contributed by atoms with Crippen molar-refractivity contribution in [2.75, 3.05) is 6.54 Å². The standard InChI is InChI=1S/C15H21N5O/c1-9-8-16-15(17-9)13-5-4-6-20(13)14(21)7-12-10(2)18-19-11(12)3/h8,13H,4-7H2,1-3H3,(H,16,17)(H,18,19)/t13-/m1/s1. The first kappa shape index (κ1) is 13.9. The summed E-state index contributed by atoms with van der Waals surface area (Å²) < 4.78 is 0. The summed E-state index contributed by atoms with van der Waals surface area (Å²) in [6, 6.07) is 0.0821. The largest absolute Gasteiger partial charge is 0.344 e. The van der Waals surface area contributed by atoms with Crippen LogP contribution in [0.25, 0.3) is 0 Å². The summed E-state index contributed by atoms with van der Waals surface area (Å²) in [6.07, 6.45) is 4.23. The quantitative estimate of drug-likeness (QED) is 0.906. The maximum atomic E-state index is 12.7. The Hall–Kier alpha value is -2.11. The van der Waals surface area contributed by atoms with Crippen LogP contribution >= 0.6 is 0 Å². The molecule has 1 fully saturated rings. The van der Waals surface area contributed by atoms with Crippen LogP contribution in [0.1, 0.15) is 47.4 Å². The van der Waals surface area contributed by atoms with Gasteiger partial charge >= 0.3 is 0 Å². The molecule has 2 N–H and O–H groups in total. The average molecular weight is 287 g/mol. The van der Waals surface area contributed by atoms with Crippen molar-refractivity contribution in [2.24, 2.45) is 0 Å². The minimum atomic E-state index is 0.0821. The normalized spacial score (nSPS) is 18.4. The number of nitrogens with zero attached hydrogens (tertiary/aromatic N) is 3. The maximum Gasteiger partial charge on any atom is 0.227 e. The highest BCUT2D eigenvalue weighted by Crippen LogP contribution is 2.30. The predicted octanol–water partition coefficient (Wildman–Crippen LogP) is 1.96. The molecule has 2 aromatic heterocycles. The van der Waals surface area contributed by atoms with Gasteiger partial charge in [-0.25, -0.2) is 4.98 Å². The molecule has 1 amide bonds. The van der Waals surface area contributed by atoms with E-state index in [4.69, 9.17) is 0 Å². The van der Waals surface area contributed by atoms with Crippen molar-refractivity contribution >= 4 is 5.91 Å². The molecule has 21 heavy (non-hydrogen) atoms. The van der Waals surface area contributed by atoms with Crippen LogP contribution in [0.3, 0.4) is 0 Å². The van der Waals surface area contributed by atoms with E-state index in [1.165, 1.54) is 0 Å². The molecule has 6 heteroatoms. The fraction of sp³-hybridized carbons (Fsp3) is 0.533. The van der Waals surface area contributed by atoms with E-state index in [9.17, 15) is 4.79 Å². The third-order valence-corrected chi connectivity index (χ3v) is 4.22. The van der Waals surface area contributed by atoms with Gasteiger partial charge in [-0.3, -0.25) is 9.89 Å². The van der Waals surface area contributed by atoms with Crippen LogP contribution in [0, 0.1) is 20.8 Å². The summed E-state index contributed by atoms with van der Waals surface area (Å²) in [6.45, 7) is 6.68. The van der Waals surface area contributed by atoms with Gasteiger partial charge in [0.15, 0.2) is 0 Å². The molecule has 0 saturated carbocycles. The van der Waals surface area contributed by atoms with Gasteiger partial charge in [0.1, 0.15) is 5.82 Å². The summed E-state index contributed by atoms with van der Waals surface area (Å²) in [4.78, 5) is 22.3. The predicted molar refractivity (Wildman–Crippen MR) is 78.8 cm³/mol. The zero-order valence-electron chi connectivity index (χ0n) is 12.7. The Morgan fingerprint density at radius 2 is 2.24 bits per heavy atom. The Kier molecular flexibility index (Phi) is 3.53. The van der Waals surface area contributed by atoms with E-state index in [0.717, 1.165) is 47.9 Å². The second-order valence-electron chi connectivity index (χ2n) is 5.79. The lowest BCUT2D eigenvalue weighted by molar-refractivity contribution is -0.131. The molecule has 0 radical (unpaired) electrons. The summed E-state index contributed by atoms with van der Waals surface area (Å²) in [7, 11) is 0. The first-order chi connectivity index (χ1) is 10.1. The van der Waals surface area contributed by atoms with Crippen molar-refractivity contribution in [3.63, 3.8) is 0 Å². The monoisotopic (exact) mass is 287 g/mol. The molecule has 6 nitrogen and oxygen atoms in total. The van der Waals surface area contributed by atoms with Crippen LogP contribution in [-0.4, -0.2) is 37.5 Å². The fourth-order valence-electron chi connectivity index (χ4n) is 3.04. The zero-order valence-corrected chi connectivity index (χ0v) is 12.7. The first-order valence-electron chi connectivity index (χ1n) is 7.37. The molecule has 0 unspecified atom stereocenters. The van der Waals surface area contributed by atoms with Gasteiger partial charge in [0.25, 0.3) is 0 Å². The number of hydrogen-bond donors (Lipinski definition) is 2. The second-order valence-corrected chi connectivity index (χ2v) is 5.79. The molecular formula is C15H21N5O. The van der Waals surface area contributed by atoms with E-state index in [1.807, 2.05) is 31.9 Å². The molecule has 0 aromatic carbocycles. The molecule has 3 rings (SSSR count). The first-order valence-corrected chi connectivity index (χ1v) is 7.37. The van der Waals surface area contributed by atoms with Crippen LogP contribution in [0.4, 0.5) is 0 Å². The molecule has 112 valence electrons. The Labute approximate surface area is 124 Å². The summed E-state index contributed by atoms with van der Waals surface area (Å²) in [5.74, 6) is 1.05. The van der Waals surface area contributed by atoms with E-state index in [-0.39, 0.29) is 11.9 Å². The van der Waals surface area contributed by atoms with Crippen LogP contribution in [-0.2, 0) is 11.2 Å². The average Bonchev–Trinajstić information content (AvgIpc) is 3.14. The molecule has 0 aliphatic carbocycles. The van der Waals surface area contributed by atoms with Gasteiger partial charge in [0.2, 0.25) is 5.91 Å². The van der Waals surface area contributed by atoms with Crippen molar-refractivity contribution in [2.45, 2.75) is 46.1 Å². The van der Waals surface area contributed by atoms with Gasteiger partial charge in [-0.05, 0) is 33.6 Å². The number of amides is 1. The Bertz CT molecular complexity index is 637. The highest BCUT2D eigenvalue weighted by molar-refractivity contribution is 5.80. The molecule has 0 spiro atoms. The lowest BCUT2D eigenvalue weighted by Gasteiger charge is -2.23. The van der Waals surface area contributed by atoms with E-state index in [1.54, 1.807) is 0 Å². The minimum absolute atomic E-state index is 0.0821. The number of rotatable bonds is 3. The van der Waals surface area contributed by atoms with Gasteiger partial charge in [0.05, 0.1) is 18.2 Å². The van der Waals surface area contributed by atoms with Crippen molar-refractivity contribution in [1.82, 2.24) is 25.1 Å². The van der Waals surface area contributed by atoms with Crippen molar-refractivity contribution in [3.05, 3.63) is 34.7 Å². The lowest BCUT2D eigenvalue weighted by Crippen LogP contribution is -2.32. The number of likely N-dealkylation sites (tertiary alicyclic amines) is 1. The highest BCUT2D eigenvalue weighted by atomic mass is 16.2. The number of aryl methyl sites for hydroxylation is 3. The molecule has 1 atom stereocenters. The Morgan fingerprint density at radius 1 is 1.43 bits per heavy atom. The highest BCUT2D eigenvalue weighted by Gasteiger charge is 2.32. The molecule has 1 aliphatic heterocycles. The molecule has 2 aromatic rings. The maximum absolute atomic E-state index is 12.7. The Balaban J connectivity index is 1.77. The second kappa shape index (κ2) is 5.35. The number of carbonyl (C=O) groups is 1. The van der Waals surface area contributed by atoms with Crippen molar-refractivity contribution in [1.29, 1.82) is 0 Å². The third kappa shape index (κ3) is 2.57. The van der Waals surface area contributed by atoms with E-state index in [2.05, 4.69) is 20.2 Å². The molecule has 3 heterocycles. The zero-order chi connectivity index (χ0) is 15.0. The number of carbonyl (C=O) groups excluding carboxylic acids is 1. The van der Waals surface area contributed by atoms with Gasteiger partial charge in [-0.2, -0.15) is 5.10 Å². The fourth-order valence-corrected chi connectivity index (χ4v) is 3.04. The number of hydrogen-bond acceptors (Lipinski definition) is 3. The SMILES string of the molecule is Cc1cnc([C@H]2CCCN2C(=O)Cc2c(C)n[nH]c2C)[nH]1. The molecule has 1 saturated heterocycles. The van der Waals surface area contributed by atoms with Crippen molar-refractivity contribution < 1.29 is 4.79 Å². The topological polar surface area (TPSA) is 77.7 Å². The summed E-state index contributed by atoms with van der Waals surface area (Å²) in [5, 5.41) is 7.10. The van der Waals surface area contributed by atoms with Crippen molar-refractivity contribution in [3.8, 4) is 0 Å². The summed E-state index contributed by atoms with van der Waals surface area (Å²) in [5.41, 5.74) is 3.93. The Morgan fingerprint density at radius 3 is 2.86 bits per heavy atom. The van der Waals surface area contributed by atoms with Gasteiger partial charge in [-0.15, -0.1) is 0 Å². The molecule has 1 aliphatic rings. The van der Waals surface area contributed by atoms with Gasteiger partial charge in [0, 0.05) is 29.7 Å². The number of aromatic amines is 2. The number of imidazole rings is 1. The van der Waals surface area contributed by atoms with Crippen LogP contribution in [0.5, 0.6) is 0 Å². The van der Waals surface area contributed by atoms with Crippen LogP contribution in [0.2, 0.25) is 0 Å². The lowest BCUT2D eigenvalue weighted by atomic mass is 10.1. The third-order valence-electron chi connectivity index (χ3n) is 4.22. The van der Waals surface area contributed by atoms with E-state index < -0.39 is 0 Å². The van der Waals surface area contributed by atoms with Crippen LogP contribution in [0.15, 0.2) is 6.20 Å². The number of aromatic nitrogens is 4. The molecule has 0 bridgehead atoms. The van der Waals surface area contributed by atoms with Crippen LogP contribution < -0.4 is 0 Å². The minimum Gasteiger partial charge on any atom is -0.344 e. The van der Waals surface area contributed by atoms with Gasteiger partial charge in [-0.1, -0.05) is 0 Å². The van der Waals surface area contributed by atoms with Gasteiger partial charge < -0.3 is 9.88 Å². The number of nitrogens with one attached hydrogen (secondary N) is 2. The summed E-state index contributed by atoms with van der Waals surface area (Å²) >= 11 is 0. The van der Waals surface area contributed by atoms with E-state index in [0.29, 0.717) is 6.42 Å².